The fraction of sp³-hybridized carbons (Fsp3) is 0.600. The molecule has 16 heavy (non-hydrogen) atoms. The van der Waals surface area contributed by atoms with E-state index in [4.69, 9.17) is 5.73 Å². The van der Waals surface area contributed by atoms with Crippen LogP contribution in [0.3, 0.4) is 0 Å². The van der Waals surface area contributed by atoms with E-state index in [-0.39, 0.29) is 11.2 Å². The van der Waals surface area contributed by atoms with Crippen LogP contribution in [0.2, 0.25) is 0 Å². The van der Waals surface area contributed by atoms with Gasteiger partial charge in [-0.1, -0.05) is 0 Å². The molecular weight excluding hydrogens is 206 g/mol. The minimum Gasteiger partial charge on any atom is -0.391 e. The minimum absolute atomic E-state index is 0.155. The van der Waals surface area contributed by atoms with Crippen molar-refractivity contribution in [1.82, 2.24) is 15.3 Å². The van der Waals surface area contributed by atoms with Crippen LogP contribution in [0.4, 0.5) is 11.5 Å². The standard InChI is InChI=1S/C10H17N5O/c11-8-9(14-6-15-10(8)16)13-5-3-7-2-1-4-12-7/h6-7,12H,1-5,11H2,(H2,13,14,15,16). The molecule has 1 atom stereocenters. The highest BCUT2D eigenvalue weighted by molar-refractivity contribution is 5.58. The molecule has 1 aromatic heterocycles. The van der Waals surface area contributed by atoms with Crippen LogP contribution >= 0.6 is 0 Å². The van der Waals surface area contributed by atoms with E-state index in [1.807, 2.05) is 0 Å². The molecule has 1 aliphatic heterocycles. The highest BCUT2D eigenvalue weighted by atomic mass is 16.1. The van der Waals surface area contributed by atoms with Gasteiger partial charge in [0, 0.05) is 12.6 Å². The van der Waals surface area contributed by atoms with Gasteiger partial charge in [-0.2, -0.15) is 0 Å². The van der Waals surface area contributed by atoms with Crippen LogP contribution in [0.5, 0.6) is 0 Å². The van der Waals surface area contributed by atoms with E-state index in [9.17, 15) is 4.79 Å². The molecule has 1 saturated heterocycles. The predicted octanol–water partition coefficient (Wildman–Crippen LogP) is -0.0939. The minimum atomic E-state index is -0.295. The van der Waals surface area contributed by atoms with Gasteiger partial charge in [0.2, 0.25) is 0 Å². The Labute approximate surface area is 93.7 Å². The van der Waals surface area contributed by atoms with Crippen LogP contribution in [-0.2, 0) is 0 Å². The third-order valence-corrected chi connectivity index (χ3v) is 2.84. The Kier molecular flexibility index (Phi) is 3.40. The van der Waals surface area contributed by atoms with E-state index >= 15 is 0 Å². The van der Waals surface area contributed by atoms with Crippen molar-refractivity contribution in [2.24, 2.45) is 0 Å². The third-order valence-electron chi connectivity index (χ3n) is 2.84. The Morgan fingerprint density at radius 1 is 1.62 bits per heavy atom. The van der Waals surface area contributed by atoms with Gasteiger partial charge in [-0.05, 0) is 25.8 Å². The van der Waals surface area contributed by atoms with Crippen molar-refractivity contribution in [3.63, 3.8) is 0 Å². The molecule has 1 unspecified atom stereocenters. The Morgan fingerprint density at radius 2 is 2.50 bits per heavy atom. The predicted molar refractivity (Wildman–Crippen MR) is 63.4 cm³/mol. The number of hydrogen-bond acceptors (Lipinski definition) is 5. The maximum absolute atomic E-state index is 11.2. The molecule has 88 valence electrons. The van der Waals surface area contributed by atoms with E-state index in [1.54, 1.807) is 0 Å². The lowest BCUT2D eigenvalue weighted by Crippen LogP contribution is -2.25. The largest absolute Gasteiger partial charge is 0.391 e. The number of hydrogen-bond donors (Lipinski definition) is 4. The number of aromatic amines is 1. The maximum Gasteiger partial charge on any atom is 0.276 e. The van der Waals surface area contributed by atoms with Crippen molar-refractivity contribution in [2.45, 2.75) is 25.3 Å². The first-order valence-corrected chi connectivity index (χ1v) is 5.58. The summed E-state index contributed by atoms with van der Waals surface area (Å²) in [6.45, 7) is 1.88. The van der Waals surface area contributed by atoms with E-state index in [0.717, 1.165) is 19.5 Å². The molecule has 2 heterocycles. The molecule has 0 bridgehead atoms. The third kappa shape index (κ3) is 2.52. The molecule has 1 aliphatic rings. The number of aromatic nitrogens is 2. The summed E-state index contributed by atoms with van der Waals surface area (Å²) in [7, 11) is 0. The van der Waals surface area contributed by atoms with Gasteiger partial charge in [-0.3, -0.25) is 4.79 Å². The zero-order chi connectivity index (χ0) is 11.4. The molecule has 0 amide bonds. The smallest absolute Gasteiger partial charge is 0.276 e. The lowest BCUT2D eigenvalue weighted by molar-refractivity contribution is 0.574. The lowest BCUT2D eigenvalue weighted by Gasteiger charge is -2.11. The van der Waals surface area contributed by atoms with Gasteiger partial charge in [-0.15, -0.1) is 0 Å². The number of nitrogens with one attached hydrogen (secondary N) is 3. The van der Waals surface area contributed by atoms with Crippen molar-refractivity contribution in [1.29, 1.82) is 0 Å². The van der Waals surface area contributed by atoms with Gasteiger partial charge >= 0.3 is 0 Å². The van der Waals surface area contributed by atoms with Crippen molar-refractivity contribution in [3.05, 3.63) is 16.7 Å². The van der Waals surface area contributed by atoms with E-state index in [1.165, 1.54) is 19.2 Å². The molecule has 5 N–H and O–H groups in total. The van der Waals surface area contributed by atoms with E-state index < -0.39 is 0 Å². The normalized spacial score (nSPS) is 19.9. The van der Waals surface area contributed by atoms with Crippen molar-refractivity contribution in [2.75, 3.05) is 24.1 Å². The molecule has 0 radical (unpaired) electrons. The van der Waals surface area contributed by atoms with Crippen LogP contribution in [-0.4, -0.2) is 29.1 Å². The van der Waals surface area contributed by atoms with Crippen LogP contribution in [0, 0.1) is 0 Å². The highest BCUT2D eigenvalue weighted by Crippen LogP contribution is 2.11. The van der Waals surface area contributed by atoms with Crippen molar-refractivity contribution < 1.29 is 0 Å². The van der Waals surface area contributed by atoms with Gasteiger partial charge in [0.25, 0.3) is 5.56 Å². The summed E-state index contributed by atoms with van der Waals surface area (Å²) in [5, 5.41) is 6.49. The Hall–Kier alpha value is -1.56. The second kappa shape index (κ2) is 4.98. The molecule has 1 fully saturated rings. The topological polar surface area (TPSA) is 95.8 Å². The van der Waals surface area contributed by atoms with Gasteiger partial charge in [0.1, 0.15) is 5.69 Å². The van der Waals surface area contributed by atoms with Crippen molar-refractivity contribution >= 4 is 11.5 Å². The molecule has 6 heteroatoms. The van der Waals surface area contributed by atoms with Gasteiger partial charge in [-0.25, -0.2) is 4.98 Å². The average molecular weight is 223 g/mol. The van der Waals surface area contributed by atoms with Crippen LogP contribution < -0.4 is 21.9 Å². The highest BCUT2D eigenvalue weighted by Gasteiger charge is 2.13. The first-order valence-electron chi connectivity index (χ1n) is 5.58. The molecule has 1 aromatic rings. The Balaban J connectivity index is 1.84. The molecule has 0 spiro atoms. The maximum atomic E-state index is 11.2. The molecule has 0 aromatic carbocycles. The Morgan fingerprint density at radius 3 is 3.25 bits per heavy atom. The fourth-order valence-corrected chi connectivity index (χ4v) is 1.92. The summed E-state index contributed by atoms with van der Waals surface area (Å²) in [6, 6.07) is 0.579. The number of anilines is 2. The summed E-state index contributed by atoms with van der Waals surface area (Å²) in [5.74, 6) is 0.474. The molecule has 6 nitrogen and oxygen atoms in total. The van der Waals surface area contributed by atoms with Gasteiger partial charge in [0.15, 0.2) is 5.82 Å². The molecule has 2 rings (SSSR count). The van der Waals surface area contributed by atoms with Gasteiger partial charge < -0.3 is 21.4 Å². The Bertz CT molecular complexity index is 396. The molecule has 0 aliphatic carbocycles. The number of nitrogens with two attached hydrogens (primary N) is 1. The number of nitrogens with zero attached hydrogens (tertiary/aromatic N) is 1. The fourth-order valence-electron chi connectivity index (χ4n) is 1.92. The quantitative estimate of drug-likeness (QED) is 0.572. The second-order valence-electron chi connectivity index (χ2n) is 4.00. The van der Waals surface area contributed by atoms with E-state index in [2.05, 4.69) is 20.6 Å². The SMILES string of the molecule is Nc1c(NCCC2CCCN2)nc[nH]c1=O. The van der Waals surface area contributed by atoms with Crippen molar-refractivity contribution in [3.8, 4) is 0 Å². The molecular formula is C10H17N5O. The van der Waals surface area contributed by atoms with Crippen LogP contribution in [0.25, 0.3) is 0 Å². The number of H-pyrrole nitrogens is 1. The first-order chi connectivity index (χ1) is 7.77. The first kappa shape index (κ1) is 10.9. The van der Waals surface area contributed by atoms with Crippen LogP contribution in [0.1, 0.15) is 19.3 Å². The van der Waals surface area contributed by atoms with E-state index in [0.29, 0.717) is 11.9 Å². The summed E-state index contributed by atoms with van der Waals surface area (Å²) in [5.41, 5.74) is 5.45. The number of rotatable bonds is 4. The summed E-state index contributed by atoms with van der Waals surface area (Å²) >= 11 is 0. The van der Waals surface area contributed by atoms with Gasteiger partial charge in [0.05, 0.1) is 6.33 Å². The zero-order valence-corrected chi connectivity index (χ0v) is 9.12. The summed E-state index contributed by atoms with van der Waals surface area (Å²) < 4.78 is 0. The zero-order valence-electron chi connectivity index (χ0n) is 9.12. The number of nitrogen functional groups attached to an aromatic ring is 1. The summed E-state index contributed by atoms with van der Waals surface area (Å²) in [4.78, 5) is 17.6. The lowest BCUT2D eigenvalue weighted by atomic mass is 10.1. The summed E-state index contributed by atoms with van der Waals surface area (Å²) in [6.07, 6.45) is 4.85. The average Bonchev–Trinajstić information content (AvgIpc) is 2.77. The monoisotopic (exact) mass is 223 g/mol. The second-order valence-corrected chi connectivity index (χ2v) is 4.00. The molecule has 0 saturated carbocycles. The van der Waals surface area contributed by atoms with Crippen LogP contribution in [0.15, 0.2) is 11.1 Å².